The molecule has 2 aromatic rings. The van der Waals surface area contributed by atoms with E-state index in [2.05, 4.69) is 35.5 Å². The van der Waals surface area contributed by atoms with Crippen LogP contribution in [0, 0.1) is 11.8 Å². The molecule has 5 heteroatoms. The van der Waals surface area contributed by atoms with Crippen LogP contribution in [0.1, 0.15) is 23.5 Å². The number of hydrogen-bond acceptors (Lipinski definition) is 4. The van der Waals surface area contributed by atoms with Crippen LogP contribution in [0.25, 0.3) is 0 Å². The van der Waals surface area contributed by atoms with Crippen molar-refractivity contribution in [1.29, 1.82) is 0 Å². The zero-order valence-electron chi connectivity index (χ0n) is 15.6. The number of nitrogens with zero attached hydrogens (tertiary/aromatic N) is 1. The highest BCUT2D eigenvalue weighted by Crippen LogP contribution is 2.46. The molecule has 3 aliphatic rings. The topological polar surface area (TPSA) is 49.4 Å². The smallest absolute Gasteiger partial charge is 0.178 e. The highest BCUT2D eigenvalue weighted by atomic mass is 32.2. The second-order valence-corrected chi connectivity index (χ2v) is 10.5. The summed E-state index contributed by atoms with van der Waals surface area (Å²) in [6, 6.07) is 16.0. The van der Waals surface area contributed by atoms with E-state index in [4.69, 9.17) is 0 Å². The lowest BCUT2D eigenvalue weighted by atomic mass is 9.86. The summed E-state index contributed by atoms with van der Waals surface area (Å²) in [5, 5.41) is 3.56. The third kappa shape index (κ3) is 2.88. The second kappa shape index (κ2) is 6.35. The maximum absolute atomic E-state index is 13.0. The van der Waals surface area contributed by atoms with Gasteiger partial charge in [-0.2, -0.15) is 0 Å². The Balaban J connectivity index is 1.46. The lowest BCUT2D eigenvalue weighted by Crippen LogP contribution is -2.31. The quantitative estimate of drug-likeness (QED) is 0.886. The van der Waals surface area contributed by atoms with Gasteiger partial charge >= 0.3 is 0 Å². The number of hydrogen-bond donors (Lipinski definition) is 1. The Bertz CT molecular complexity index is 958. The van der Waals surface area contributed by atoms with Gasteiger partial charge in [0.05, 0.1) is 10.6 Å². The molecule has 5 rings (SSSR count). The number of rotatable bonds is 3. The van der Waals surface area contributed by atoms with Gasteiger partial charge in [0.2, 0.25) is 0 Å². The molecule has 2 heterocycles. The van der Waals surface area contributed by atoms with Gasteiger partial charge in [-0.15, -0.1) is 0 Å². The molecule has 1 N–H and O–H groups in total. The lowest BCUT2D eigenvalue weighted by Gasteiger charge is -2.26. The Kier molecular flexibility index (Phi) is 4.06. The molecule has 1 aliphatic carbocycles. The maximum atomic E-state index is 13.0. The fraction of sp³-hybridized carbons (Fsp3) is 0.455. The highest BCUT2D eigenvalue weighted by Gasteiger charge is 2.46. The summed E-state index contributed by atoms with van der Waals surface area (Å²) in [4.78, 5) is 2.87. The summed E-state index contributed by atoms with van der Waals surface area (Å²) in [5.74, 6) is 1.40. The van der Waals surface area contributed by atoms with Gasteiger partial charge in [0.1, 0.15) is 0 Å². The van der Waals surface area contributed by atoms with E-state index in [1.54, 1.807) is 12.1 Å². The molecule has 0 aromatic heterocycles. The third-order valence-electron chi connectivity index (χ3n) is 6.85. The van der Waals surface area contributed by atoms with Gasteiger partial charge in [-0.25, -0.2) is 8.42 Å². The summed E-state index contributed by atoms with van der Waals surface area (Å²) in [6.45, 7) is 1.88. The van der Waals surface area contributed by atoms with E-state index in [0.29, 0.717) is 22.8 Å². The SMILES string of the molecule is CN1CC(CS(=O)(=O)c2ccccc2)C2Cc3cccc4c3C(CN4)CC21. The van der Waals surface area contributed by atoms with Crippen molar-refractivity contribution in [2.24, 2.45) is 11.8 Å². The normalized spacial score (nSPS) is 29.7. The molecule has 2 aliphatic heterocycles. The molecule has 0 amide bonds. The van der Waals surface area contributed by atoms with Gasteiger partial charge in [0.25, 0.3) is 0 Å². The molecule has 0 radical (unpaired) electrons. The predicted octanol–water partition coefficient (Wildman–Crippen LogP) is 3.16. The van der Waals surface area contributed by atoms with Crippen molar-refractivity contribution < 1.29 is 8.42 Å². The Labute approximate surface area is 161 Å². The second-order valence-electron chi connectivity index (χ2n) is 8.42. The molecule has 4 atom stereocenters. The minimum Gasteiger partial charge on any atom is -0.384 e. The van der Waals surface area contributed by atoms with E-state index in [-0.39, 0.29) is 11.7 Å². The zero-order chi connectivity index (χ0) is 18.6. The molecule has 27 heavy (non-hydrogen) atoms. The fourth-order valence-corrected chi connectivity index (χ4v) is 7.31. The predicted molar refractivity (Wildman–Crippen MR) is 108 cm³/mol. The van der Waals surface area contributed by atoms with Gasteiger partial charge in [0.15, 0.2) is 9.84 Å². The van der Waals surface area contributed by atoms with Crippen LogP contribution >= 0.6 is 0 Å². The average molecular weight is 383 g/mol. The summed E-state index contributed by atoms with van der Waals surface area (Å²) in [6.07, 6.45) is 2.12. The Morgan fingerprint density at radius 1 is 1.11 bits per heavy atom. The molecular weight excluding hydrogens is 356 g/mol. The highest BCUT2D eigenvalue weighted by molar-refractivity contribution is 7.91. The Morgan fingerprint density at radius 2 is 1.93 bits per heavy atom. The number of fused-ring (bicyclic) bond motifs is 1. The minimum atomic E-state index is -3.25. The molecular formula is C22H26N2O2S. The first-order valence-corrected chi connectivity index (χ1v) is 11.5. The monoisotopic (exact) mass is 382 g/mol. The molecule has 1 saturated heterocycles. The van der Waals surface area contributed by atoms with Crippen LogP contribution in [-0.2, 0) is 16.3 Å². The van der Waals surface area contributed by atoms with Crippen molar-refractivity contribution in [1.82, 2.24) is 4.90 Å². The van der Waals surface area contributed by atoms with Gasteiger partial charge in [-0.1, -0.05) is 30.3 Å². The Morgan fingerprint density at radius 3 is 2.74 bits per heavy atom. The van der Waals surface area contributed by atoms with E-state index in [9.17, 15) is 8.42 Å². The number of likely N-dealkylation sites (tertiary alicyclic amines) is 1. The standard InChI is InChI=1S/C22H26N2O2S/c1-24-13-17(14-27(25,26)18-7-3-2-4-8-18)19-10-15-6-5-9-20-22(15)16(12-23-20)11-21(19)24/h2-9,16-17,19,21,23H,10-14H2,1H3. The summed E-state index contributed by atoms with van der Waals surface area (Å²) in [7, 11) is -1.08. The van der Waals surface area contributed by atoms with Crippen LogP contribution in [-0.4, -0.2) is 45.2 Å². The van der Waals surface area contributed by atoms with Gasteiger partial charge in [-0.3, -0.25) is 0 Å². The molecule has 142 valence electrons. The molecule has 0 spiro atoms. The molecule has 2 aromatic carbocycles. The van der Waals surface area contributed by atoms with Crippen molar-refractivity contribution in [3.63, 3.8) is 0 Å². The molecule has 4 nitrogen and oxygen atoms in total. The number of anilines is 1. The van der Waals surface area contributed by atoms with Crippen LogP contribution in [0.15, 0.2) is 53.4 Å². The number of benzene rings is 2. The van der Waals surface area contributed by atoms with Crippen LogP contribution in [0.3, 0.4) is 0 Å². The van der Waals surface area contributed by atoms with Crippen LogP contribution in [0.4, 0.5) is 5.69 Å². The van der Waals surface area contributed by atoms with Crippen LogP contribution < -0.4 is 5.32 Å². The molecule has 0 saturated carbocycles. The first-order valence-electron chi connectivity index (χ1n) is 9.86. The zero-order valence-corrected chi connectivity index (χ0v) is 16.5. The molecule has 4 unspecified atom stereocenters. The van der Waals surface area contributed by atoms with E-state index in [1.807, 2.05) is 18.2 Å². The first kappa shape index (κ1) is 17.3. The van der Waals surface area contributed by atoms with Gasteiger partial charge < -0.3 is 10.2 Å². The number of nitrogens with one attached hydrogen (secondary N) is 1. The van der Waals surface area contributed by atoms with E-state index in [1.165, 1.54) is 16.8 Å². The largest absolute Gasteiger partial charge is 0.384 e. The lowest BCUT2D eigenvalue weighted by molar-refractivity contribution is 0.249. The van der Waals surface area contributed by atoms with Crippen LogP contribution in [0.5, 0.6) is 0 Å². The van der Waals surface area contributed by atoms with Gasteiger partial charge in [0, 0.05) is 30.7 Å². The summed E-state index contributed by atoms with van der Waals surface area (Å²) < 4.78 is 26.0. The third-order valence-corrected chi connectivity index (χ3v) is 8.71. The van der Waals surface area contributed by atoms with Crippen molar-refractivity contribution in [3.05, 3.63) is 59.7 Å². The van der Waals surface area contributed by atoms with Crippen molar-refractivity contribution in [2.45, 2.75) is 29.7 Å². The summed E-state index contributed by atoms with van der Waals surface area (Å²) >= 11 is 0. The first-order chi connectivity index (χ1) is 13.0. The molecule has 0 bridgehead atoms. The maximum Gasteiger partial charge on any atom is 0.178 e. The van der Waals surface area contributed by atoms with Gasteiger partial charge in [-0.05, 0) is 61.1 Å². The number of sulfone groups is 1. The van der Waals surface area contributed by atoms with Crippen molar-refractivity contribution in [2.75, 3.05) is 31.2 Å². The van der Waals surface area contributed by atoms with Crippen molar-refractivity contribution in [3.8, 4) is 0 Å². The Hall–Kier alpha value is -1.85. The molecule has 1 fully saturated rings. The van der Waals surface area contributed by atoms with E-state index in [0.717, 1.165) is 25.9 Å². The van der Waals surface area contributed by atoms with Crippen LogP contribution in [0.2, 0.25) is 0 Å². The minimum absolute atomic E-state index is 0.188. The fourth-order valence-electron chi connectivity index (χ4n) is 5.63. The van der Waals surface area contributed by atoms with Crippen molar-refractivity contribution >= 4 is 15.5 Å². The summed E-state index contributed by atoms with van der Waals surface area (Å²) in [5.41, 5.74) is 4.20. The van der Waals surface area contributed by atoms with E-state index < -0.39 is 9.84 Å². The van der Waals surface area contributed by atoms with E-state index >= 15 is 0 Å². The average Bonchev–Trinajstić information content (AvgIpc) is 3.13.